The average molecular weight is 291 g/mol. The maximum absolute atomic E-state index is 11.9. The van der Waals surface area contributed by atoms with Crippen LogP contribution in [0.5, 0.6) is 0 Å². The first-order chi connectivity index (χ1) is 9.76. The van der Waals surface area contributed by atoms with Gasteiger partial charge in [0.2, 0.25) is 0 Å². The summed E-state index contributed by atoms with van der Waals surface area (Å²) in [5, 5.41) is 12.6. The van der Waals surface area contributed by atoms with Crippen molar-refractivity contribution in [3.8, 4) is 0 Å². The van der Waals surface area contributed by atoms with E-state index in [-0.39, 0.29) is 12.1 Å². The van der Waals surface area contributed by atoms with E-state index in [2.05, 4.69) is 5.32 Å². The number of hydrogen-bond acceptors (Lipinski definition) is 3. The number of carbonyl (C=O) groups excluding carboxylic acids is 1. The van der Waals surface area contributed by atoms with Crippen molar-refractivity contribution < 1.29 is 14.6 Å². The van der Waals surface area contributed by atoms with Gasteiger partial charge in [-0.2, -0.15) is 0 Å². The van der Waals surface area contributed by atoms with Crippen LogP contribution in [0.1, 0.15) is 69.4 Å². The van der Waals surface area contributed by atoms with Crippen molar-refractivity contribution in [1.29, 1.82) is 0 Å². The van der Waals surface area contributed by atoms with Crippen LogP contribution in [0.15, 0.2) is 18.2 Å². The quantitative estimate of drug-likeness (QED) is 0.874. The maximum Gasteiger partial charge on any atom is 0.408 e. The lowest BCUT2D eigenvalue weighted by Gasteiger charge is -2.28. The van der Waals surface area contributed by atoms with Crippen molar-refractivity contribution in [2.75, 3.05) is 0 Å². The van der Waals surface area contributed by atoms with Gasteiger partial charge in [-0.15, -0.1) is 0 Å². The second-order valence-corrected chi connectivity index (χ2v) is 6.73. The molecule has 4 nitrogen and oxygen atoms in total. The van der Waals surface area contributed by atoms with Gasteiger partial charge < -0.3 is 15.2 Å². The Balaban J connectivity index is 2.13. The number of aliphatic hydroxyl groups is 1. The summed E-state index contributed by atoms with van der Waals surface area (Å²) >= 11 is 0. The Morgan fingerprint density at radius 2 is 2.14 bits per heavy atom. The molecule has 0 bridgehead atoms. The molecule has 0 fully saturated rings. The van der Waals surface area contributed by atoms with Gasteiger partial charge in [-0.05, 0) is 63.6 Å². The number of nitrogens with one attached hydrogen (secondary N) is 1. The molecule has 116 valence electrons. The molecule has 0 saturated carbocycles. The van der Waals surface area contributed by atoms with E-state index in [9.17, 15) is 9.90 Å². The molecule has 1 aromatic carbocycles. The van der Waals surface area contributed by atoms with Crippen LogP contribution in [0.4, 0.5) is 4.79 Å². The maximum atomic E-state index is 11.9. The topological polar surface area (TPSA) is 58.6 Å². The van der Waals surface area contributed by atoms with E-state index in [1.807, 2.05) is 39.0 Å². The first kappa shape index (κ1) is 15.8. The second-order valence-electron chi connectivity index (χ2n) is 6.73. The molecule has 1 aliphatic carbocycles. The van der Waals surface area contributed by atoms with E-state index in [0.717, 1.165) is 30.4 Å². The third-order valence-corrected chi connectivity index (χ3v) is 3.65. The summed E-state index contributed by atoms with van der Waals surface area (Å²) in [6.07, 6.45) is 2.09. The zero-order valence-electron chi connectivity index (χ0n) is 13.3. The highest BCUT2D eigenvalue weighted by molar-refractivity contribution is 5.68. The molecule has 0 spiro atoms. The zero-order chi connectivity index (χ0) is 15.6. The molecular formula is C17H25NO3. The molecule has 0 radical (unpaired) electrons. The van der Waals surface area contributed by atoms with Crippen molar-refractivity contribution in [2.24, 2.45) is 0 Å². The van der Waals surface area contributed by atoms with Gasteiger partial charge >= 0.3 is 6.09 Å². The zero-order valence-corrected chi connectivity index (χ0v) is 13.3. The smallest absolute Gasteiger partial charge is 0.408 e. The molecule has 0 aliphatic heterocycles. The fourth-order valence-electron chi connectivity index (χ4n) is 2.69. The van der Waals surface area contributed by atoms with Crippen molar-refractivity contribution in [2.45, 2.75) is 64.7 Å². The fraction of sp³-hybridized carbons (Fsp3) is 0.588. The summed E-state index contributed by atoms with van der Waals surface area (Å²) in [6.45, 7) is 7.34. The molecule has 1 aliphatic rings. The lowest BCUT2D eigenvalue weighted by molar-refractivity contribution is 0.0498. The van der Waals surface area contributed by atoms with Gasteiger partial charge in [0.15, 0.2) is 0 Å². The Morgan fingerprint density at radius 3 is 2.76 bits per heavy atom. The highest BCUT2D eigenvalue weighted by Gasteiger charge is 2.25. The Hall–Kier alpha value is -1.55. The van der Waals surface area contributed by atoms with Gasteiger partial charge in [0.25, 0.3) is 0 Å². The number of aryl methyl sites for hydroxylation is 1. The summed E-state index contributed by atoms with van der Waals surface area (Å²) in [7, 11) is 0. The van der Waals surface area contributed by atoms with Crippen molar-refractivity contribution in [3.63, 3.8) is 0 Å². The number of rotatable bonds is 2. The van der Waals surface area contributed by atoms with Gasteiger partial charge in [-0.3, -0.25) is 0 Å². The van der Waals surface area contributed by atoms with Crippen LogP contribution in [-0.4, -0.2) is 16.8 Å². The lowest BCUT2D eigenvalue weighted by atomic mass is 9.86. The van der Waals surface area contributed by atoms with Crippen molar-refractivity contribution >= 4 is 6.09 Å². The molecule has 1 aromatic rings. The minimum Gasteiger partial charge on any atom is -0.444 e. The second kappa shape index (κ2) is 6.06. The Morgan fingerprint density at radius 1 is 1.43 bits per heavy atom. The minimum absolute atomic E-state index is 0.00773. The van der Waals surface area contributed by atoms with Crippen LogP contribution in [0.2, 0.25) is 0 Å². The van der Waals surface area contributed by atoms with Crippen molar-refractivity contribution in [3.05, 3.63) is 34.9 Å². The third-order valence-electron chi connectivity index (χ3n) is 3.65. The molecular weight excluding hydrogens is 266 g/mol. The van der Waals surface area contributed by atoms with Crippen LogP contribution in [-0.2, 0) is 11.2 Å². The van der Waals surface area contributed by atoms with E-state index in [1.54, 1.807) is 6.92 Å². The highest BCUT2D eigenvalue weighted by atomic mass is 16.6. The molecule has 2 rings (SSSR count). The van der Waals surface area contributed by atoms with Crippen LogP contribution in [0, 0.1) is 0 Å². The average Bonchev–Trinajstić information content (AvgIpc) is 2.36. The van der Waals surface area contributed by atoms with E-state index < -0.39 is 11.7 Å². The number of aliphatic hydroxyl groups excluding tert-OH is 1. The number of fused-ring (bicyclic) bond motifs is 1. The lowest BCUT2D eigenvalue weighted by Crippen LogP contribution is -2.36. The Bertz CT molecular complexity index is 517. The van der Waals surface area contributed by atoms with E-state index in [4.69, 9.17) is 4.74 Å². The summed E-state index contributed by atoms with van der Waals surface area (Å²) in [4.78, 5) is 11.9. The third kappa shape index (κ3) is 4.21. The van der Waals surface area contributed by atoms with Crippen LogP contribution < -0.4 is 5.32 Å². The monoisotopic (exact) mass is 291 g/mol. The molecule has 4 heteroatoms. The SMILES string of the molecule is CC(O)c1ccc2c(c1)CCCC2NC(=O)OC(C)(C)C. The number of carbonyl (C=O) groups is 1. The van der Waals surface area contributed by atoms with E-state index in [0.29, 0.717) is 0 Å². The molecule has 0 saturated heterocycles. The number of amides is 1. The van der Waals surface area contributed by atoms with Gasteiger partial charge in [0, 0.05) is 0 Å². The van der Waals surface area contributed by atoms with E-state index in [1.165, 1.54) is 5.56 Å². The van der Waals surface area contributed by atoms with Gasteiger partial charge in [0.05, 0.1) is 12.1 Å². The number of ether oxygens (including phenoxy) is 1. The van der Waals surface area contributed by atoms with Crippen molar-refractivity contribution in [1.82, 2.24) is 5.32 Å². The van der Waals surface area contributed by atoms with E-state index >= 15 is 0 Å². The number of benzene rings is 1. The molecule has 1 amide bonds. The molecule has 21 heavy (non-hydrogen) atoms. The Kier molecular flexibility index (Phi) is 4.57. The predicted molar refractivity (Wildman–Crippen MR) is 82.1 cm³/mol. The highest BCUT2D eigenvalue weighted by Crippen LogP contribution is 2.31. The summed E-state index contributed by atoms with van der Waals surface area (Å²) < 4.78 is 5.33. The molecule has 0 aromatic heterocycles. The first-order valence-corrected chi connectivity index (χ1v) is 7.56. The first-order valence-electron chi connectivity index (χ1n) is 7.56. The molecule has 2 N–H and O–H groups in total. The largest absolute Gasteiger partial charge is 0.444 e. The van der Waals surface area contributed by atoms with Gasteiger partial charge in [0.1, 0.15) is 5.60 Å². The fourth-order valence-corrected chi connectivity index (χ4v) is 2.69. The Labute approximate surface area is 126 Å². The van der Waals surface area contributed by atoms with Crippen LogP contribution >= 0.6 is 0 Å². The molecule has 2 atom stereocenters. The minimum atomic E-state index is -0.488. The molecule has 2 unspecified atom stereocenters. The standard InChI is InChI=1S/C17H25NO3/c1-11(19)12-8-9-14-13(10-12)6-5-7-15(14)18-16(20)21-17(2,3)4/h8-11,15,19H,5-7H2,1-4H3,(H,18,20). The summed E-state index contributed by atoms with van der Waals surface area (Å²) in [6, 6.07) is 5.98. The normalized spacial score (nSPS) is 19.6. The van der Waals surface area contributed by atoms with Crippen LogP contribution in [0.3, 0.4) is 0 Å². The van der Waals surface area contributed by atoms with Gasteiger partial charge in [-0.25, -0.2) is 4.79 Å². The van der Waals surface area contributed by atoms with Gasteiger partial charge in [-0.1, -0.05) is 18.2 Å². The number of alkyl carbamates (subject to hydrolysis) is 1. The predicted octanol–water partition coefficient (Wildman–Crippen LogP) is 3.64. The summed E-state index contributed by atoms with van der Waals surface area (Å²) in [5.41, 5.74) is 2.78. The molecule has 0 heterocycles. The summed E-state index contributed by atoms with van der Waals surface area (Å²) in [5.74, 6) is 0. The number of hydrogen-bond donors (Lipinski definition) is 2. The van der Waals surface area contributed by atoms with Crippen LogP contribution in [0.25, 0.3) is 0 Å².